The number of cyclic esters (lactones) is 2. The molecule has 4 fully saturated rings. The number of aromatic nitrogens is 1. The fraction of sp³-hybridized carbons (Fsp3) is 0.475. The molecular weight excluding hydrogens is 847 g/mol. The second kappa shape index (κ2) is 22.7. The minimum atomic E-state index is -0.585. The molecule has 0 saturated carbocycles. The number of anilines is 5. The molecule has 7 amide bonds. The summed E-state index contributed by atoms with van der Waals surface area (Å²) < 4.78 is 40.2. The number of amides is 7. The van der Waals surface area contributed by atoms with Gasteiger partial charge in [-0.15, -0.1) is 11.3 Å². The molecule has 0 radical (unpaired) electrons. The number of thiazole rings is 1. The maximum atomic E-state index is 15.0. The molecule has 0 aliphatic carbocycles. The van der Waals surface area contributed by atoms with E-state index in [1.165, 1.54) is 64.1 Å². The number of benzene rings is 2. The zero-order chi connectivity index (χ0) is 43.6. The van der Waals surface area contributed by atoms with Gasteiger partial charge in [0.15, 0.2) is 5.13 Å². The summed E-state index contributed by atoms with van der Waals surface area (Å²) in [6, 6.07) is 8.84. The second-order valence-electron chi connectivity index (χ2n) is 14.3. The third kappa shape index (κ3) is 13.1. The van der Waals surface area contributed by atoms with Gasteiger partial charge in [0.25, 0.3) is 0 Å². The first-order chi connectivity index (χ1) is 29.2. The molecule has 0 unspecified atom stereocenters. The molecule has 4 aliphatic heterocycles. The molecule has 4 saturated heterocycles. The van der Waals surface area contributed by atoms with Crippen molar-refractivity contribution in [3.8, 4) is 0 Å². The Balaban J connectivity index is 0.000000272. The lowest BCUT2D eigenvalue weighted by molar-refractivity contribution is -0.131. The van der Waals surface area contributed by atoms with Gasteiger partial charge in [-0.05, 0) is 36.4 Å². The first-order valence-corrected chi connectivity index (χ1v) is 20.4. The van der Waals surface area contributed by atoms with Crippen molar-refractivity contribution in [3.05, 3.63) is 59.6 Å². The summed E-state index contributed by atoms with van der Waals surface area (Å²) >= 11 is 1.32. The molecule has 20 nitrogen and oxygen atoms in total. The van der Waals surface area contributed by atoms with Crippen LogP contribution in [0.4, 0.5) is 51.0 Å². The maximum absolute atomic E-state index is 15.0. The van der Waals surface area contributed by atoms with E-state index in [4.69, 9.17) is 9.47 Å². The van der Waals surface area contributed by atoms with Crippen LogP contribution < -0.4 is 46.4 Å². The number of halogens is 2. The van der Waals surface area contributed by atoms with Crippen molar-refractivity contribution in [2.24, 2.45) is 0 Å². The number of hydrogen-bond donors (Lipinski definition) is 5. The van der Waals surface area contributed by atoms with Gasteiger partial charge in [0.05, 0.1) is 62.0 Å². The highest BCUT2D eigenvalue weighted by molar-refractivity contribution is 7.13. The van der Waals surface area contributed by atoms with Gasteiger partial charge >= 0.3 is 18.2 Å². The number of urea groups is 1. The molecule has 5 heterocycles. The summed E-state index contributed by atoms with van der Waals surface area (Å²) in [5.41, 5.74) is 7.61. The Bertz CT molecular complexity index is 2080. The lowest BCUT2D eigenvalue weighted by Crippen LogP contribution is -2.46. The van der Waals surface area contributed by atoms with Gasteiger partial charge in [-0.25, -0.2) is 39.0 Å². The summed E-state index contributed by atoms with van der Waals surface area (Å²) in [7, 11) is 0. The number of hydrogen-bond acceptors (Lipinski definition) is 14. The Kier molecular flexibility index (Phi) is 17.8. The van der Waals surface area contributed by atoms with Crippen LogP contribution in [0, 0.1) is 11.6 Å². The van der Waals surface area contributed by atoms with Crippen molar-refractivity contribution in [2.75, 3.05) is 103 Å². The molecule has 0 bridgehead atoms. The fourth-order valence-corrected chi connectivity index (χ4v) is 7.38. The Morgan fingerprint density at radius 2 is 1.21 bits per heavy atom. The van der Waals surface area contributed by atoms with E-state index in [1.54, 1.807) is 35.8 Å². The highest BCUT2D eigenvalue weighted by Gasteiger charge is 2.34. The van der Waals surface area contributed by atoms with Gasteiger partial charge in [0.2, 0.25) is 17.7 Å². The number of carbonyl (C=O) groups excluding carboxylic acids is 6. The van der Waals surface area contributed by atoms with Crippen LogP contribution in [-0.2, 0) is 23.9 Å². The Labute approximate surface area is 368 Å². The Morgan fingerprint density at radius 3 is 1.63 bits per heavy atom. The van der Waals surface area contributed by atoms with Crippen LogP contribution in [0.25, 0.3) is 0 Å². The summed E-state index contributed by atoms with van der Waals surface area (Å²) in [6.45, 7) is 8.79. The fourth-order valence-electron chi connectivity index (χ4n) is 6.86. The SMILES string of the molecule is C.C.CC(=O)NC[C@H]1CN(c2ccc(N3CCNN(C(=O)Nc4nccs4)CC3)c(F)c2)C(=O)O1.CC(=O)NC[C@H]1CN(c2ccc(N3CCNN(C(C)=O)CC3)c(F)c2)C(=O)O1. The number of carbonyl (C=O) groups is 6. The number of nitrogens with zero attached hydrogens (tertiary/aromatic N) is 7. The summed E-state index contributed by atoms with van der Waals surface area (Å²) in [5.74, 6) is -1.44. The van der Waals surface area contributed by atoms with E-state index < -0.39 is 36.0 Å². The van der Waals surface area contributed by atoms with Gasteiger partial charge in [-0.3, -0.25) is 39.5 Å². The van der Waals surface area contributed by atoms with E-state index in [0.29, 0.717) is 80.2 Å². The summed E-state index contributed by atoms with van der Waals surface area (Å²) in [6.07, 6.45) is -0.525. The topological polar surface area (TPSA) is 213 Å². The quantitative estimate of drug-likeness (QED) is 0.209. The molecule has 7 rings (SSSR count). The van der Waals surface area contributed by atoms with Crippen LogP contribution in [0.2, 0.25) is 0 Å². The molecule has 2 aromatic carbocycles. The Hall–Kier alpha value is -6.33. The molecule has 5 N–H and O–H groups in total. The van der Waals surface area contributed by atoms with Crippen molar-refractivity contribution >= 4 is 75.2 Å². The van der Waals surface area contributed by atoms with Crippen molar-refractivity contribution in [2.45, 2.75) is 47.8 Å². The number of hydrazine groups is 2. The van der Waals surface area contributed by atoms with Crippen LogP contribution in [0.1, 0.15) is 35.6 Å². The number of rotatable bonds is 9. The molecule has 1 aromatic heterocycles. The predicted octanol–water partition coefficient (Wildman–Crippen LogP) is 3.33. The van der Waals surface area contributed by atoms with E-state index in [1.807, 2.05) is 9.80 Å². The predicted molar refractivity (Wildman–Crippen MR) is 235 cm³/mol. The van der Waals surface area contributed by atoms with Crippen LogP contribution in [0.3, 0.4) is 0 Å². The lowest BCUT2D eigenvalue weighted by atomic mass is 10.2. The van der Waals surface area contributed by atoms with Gasteiger partial charge in [-0.2, -0.15) is 0 Å². The standard InChI is InChI=1S/C20H24FN7O4S.C18H24FN5O4.2CH4/c1-13(29)23-11-15-12-27(20(31)32-15)14-2-3-17(16(21)10-14)26-6-4-24-28(8-7-26)19(30)25-18-22-5-9-33-18;1-12(25)20-10-15-11-23(18(27)28-15)14-3-4-17(16(19)9-14)22-6-5-21-24(8-7-22)13(2)26;;/h2-3,5,9-10,15,24H,4,6-8,11-12H2,1H3,(H,23,29)(H,22,25,30);3-4,9,15,21H,5-8,10-11H2,1-2H3,(H,20,25);2*1H4/t2*15-;;/m00../s1. The number of nitrogens with one attached hydrogen (secondary N) is 5. The maximum Gasteiger partial charge on any atom is 0.414 e. The molecule has 4 aliphatic rings. The van der Waals surface area contributed by atoms with E-state index >= 15 is 4.39 Å². The van der Waals surface area contributed by atoms with Crippen LogP contribution in [0.5, 0.6) is 0 Å². The normalized spacial score (nSPS) is 18.7. The van der Waals surface area contributed by atoms with E-state index in [0.717, 1.165) is 0 Å². The van der Waals surface area contributed by atoms with Crippen molar-refractivity contribution in [3.63, 3.8) is 0 Å². The molecule has 344 valence electrons. The van der Waals surface area contributed by atoms with Crippen LogP contribution >= 0.6 is 11.3 Å². The minimum Gasteiger partial charge on any atom is -0.442 e. The zero-order valence-corrected chi connectivity index (χ0v) is 34.6. The average molecular weight is 903 g/mol. The number of ether oxygens (including phenoxy) is 2. The highest BCUT2D eigenvalue weighted by Crippen LogP contribution is 2.30. The third-order valence-corrected chi connectivity index (χ3v) is 10.6. The van der Waals surface area contributed by atoms with Gasteiger partial charge in [0, 0.05) is 71.6 Å². The highest BCUT2D eigenvalue weighted by atomic mass is 32.1. The van der Waals surface area contributed by atoms with Crippen molar-refractivity contribution < 1.29 is 47.0 Å². The average Bonchev–Trinajstić information content (AvgIpc) is 3.85. The van der Waals surface area contributed by atoms with E-state index in [9.17, 15) is 33.2 Å². The van der Waals surface area contributed by atoms with Crippen molar-refractivity contribution in [1.29, 1.82) is 0 Å². The monoisotopic (exact) mass is 902 g/mol. The summed E-state index contributed by atoms with van der Waals surface area (Å²) in [5, 5.41) is 13.2. The third-order valence-electron chi connectivity index (χ3n) is 9.90. The largest absolute Gasteiger partial charge is 0.442 e. The molecule has 0 spiro atoms. The Morgan fingerprint density at radius 1 is 0.730 bits per heavy atom. The summed E-state index contributed by atoms with van der Waals surface area (Å²) in [4.78, 5) is 80.7. The zero-order valence-electron chi connectivity index (χ0n) is 33.8. The molecule has 3 aromatic rings. The molecule has 23 heteroatoms. The van der Waals surface area contributed by atoms with Crippen molar-refractivity contribution in [1.82, 2.24) is 36.5 Å². The smallest absolute Gasteiger partial charge is 0.414 e. The van der Waals surface area contributed by atoms with Crippen LogP contribution in [0.15, 0.2) is 48.0 Å². The van der Waals surface area contributed by atoms with Gasteiger partial charge in [-0.1, -0.05) is 14.9 Å². The van der Waals surface area contributed by atoms with Gasteiger partial charge < -0.3 is 29.9 Å². The lowest BCUT2D eigenvalue weighted by Gasteiger charge is -2.24. The molecular formula is C40H56F2N12O8S. The van der Waals surface area contributed by atoms with Gasteiger partial charge in [0.1, 0.15) is 23.8 Å². The first-order valence-electron chi connectivity index (χ1n) is 19.5. The van der Waals surface area contributed by atoms with Crippen LogP contribution in [-0.4, -0.2) is 142 Å². The molecule has 63 heavy (non-hydrogen) atoms. The second-order valence-corrected chi connectivity index (χ2v) is 15.2. The minimum absolute atomic E-state index is 0. The van der Waals surface area contributed by atoms with E-state index in [2.05, 4.69) is 31.8 Å². The molecule has 2 atom stereocenters. The van der Waals surface area contributed by atoms with E-state index in [-0.39, 0.29) is 64.8 Å². The first kappa shape index (κ1) is 49.3.